The van der Waals surface area contributed by atoms with Crippen molar-refractivity contribution >= 4 is 27.4 Å². The summed E-state index contributed by atoms with van der Waals surface area (Å²) in [5.74, 6) is 0. The third-order valence-corrected chi connectivity index (χ3v) is 17.6. The molecule has 0 aliphatic rings. The second-order valence-electron chi connectivity index (χ2n) is 6.18. The third-order valence-electron chi connectivity index (χ3n) is 4.26. The molecule has 18 heavy (non-hydrogen) atoms. The van der Waals surface area contributed by atoms with Gasteiger partial charge in [-0.3, -0.25) is 0 Å². The Kier molecular flexibility index (Phi) is 9.77. The molecule has 2 unspecified atom stereocenters. The molecular weight excluding hydrogens is 268 g/mol. The van der Waals surface area contributed by atoms with Crippen LogP contribution in [0.3, 0.4) is 0 Å². The molecule has 0 aromatic heterocycles. The summed E-state index contributed by atoms with van der Waals surface area (Å²) in [5.41, 5.74) is 0. The average Bonchev–Trinajstić information content (AvgIpc) is 2.31. The lowest BCUT2D eigenvalue weighted by Crippen LogP contribution is -2.52. The van der Waals surface area contributed by atoms with Crippen molar-refractivity contribution in [2.75, 3.05) is 0 Å². The smallest absolute Gasteiger partial charge is 0.0979 e. The summed E-state index contributed by atoms with van der Waals surface area (Å²) >= 11 is 0. The molecule has 0 aliphatic carbocycles. The standard InChI is InChI=1S/C13H36N2Si3/c1-9-12(5)14(13(6)10-2)16-17-15(11(3)4)18(7)8/h11-13,18H,9-10,16-17H2,1-8H3. The molecule has 0 aliphatic heterocycles. The lowest BCUT2D eigenvalue weighted by atomic mass is 10.2. The fraction of sp³-hybridized carbons (Fsp3) is 1.00. The van der Waals surface area contributed by atoms with Gasteiger partial charge in [0.25, 0.3) is 0 Å². The first-order valence-corrected chi connectivity index (χ1v) is 16.0. The van der Waals surface area contributed by atoms with E-state index in [-0.39, 0.29) is 18.4 Å². The molecule has 0 rings (SSSR count). The van der Waals surface area contributed by atoms with Crippen molar-refractivity contribution in [3.05, 3.63) is 0 Å². The van der Waals surface area contributed by atoms with Crippen LogP contribution in [0.25, 0.3) is 0 Å². The minimum atomic E-state index is -0.580. The van der Waals surface area contributed by atoms with Gasteiger partial charge in [0.2, 0.25) is 0 Å². The molecule has 0 saturated carbocycles. The van der Waals surface area contributed by atoms with E-state index in [1.807, 2.05) is 0 Å². The minimum absolute atomic E-state index is 0.00824. The van der Waals surface area contributed by atoms with Gasteiger partial charge in [0, 0.05) is 0 Å². The van der Waals surface area contributed by atoms with Crippen molar-refractivity contribution in [3.63, 3.8) is 0 Å². The SMILES string of the molecule is CCC(C)N([SiH2][SiH2]N(C(C)C)[SiH](C)C)C(C)CC. The maximum atomic E-state index is 2.93. The van der Waals surface area contributed by atoms with Gasteiger partial charge in [-0.1, -0.05) is 54.6 Å². The molecule has 0 amide bonds. The van der Waals surface area contributed by atoms with Crippen molar-refractivity contribution < 1.29 is 0 Å². The summed E-state index contributed by atoms with van der Waals surface area (Å²) in [7, 11) is -0.533. The summed E-state index contributed by atoms with van der Waals surface area (Å²) in [4.78, 5) is 0. The largest absolute Gasteiger partial charge is 0.352 e. The zero-order valence-corrected chi connectivity index (χ0v) is 18.0. The van der Waals surface area contributed by atoms with Crippen LogP contribution in [-0.2, 0) is 0 Å². The van der Waals surface area contributed by atoms with E-state index < -0.39 is 8.96 Å². The predicted molar refractivity (Wildman–Crippen MR) is 94.3 cm³/mol. The lowest BCUT2D eigenvalue weighted by Gasteiger charge is -2.37. The van der Waals surface area contributed by atoms with Crippen molar-refractivity contribution in [2.24, 2.45) is 0 Å². The Morgan fingerprint density at radius 1 is 0.889 bits per heavy atom. The van der Waals surface area contributed by atoms with E-state index in [9.17, 15) is 0 Å². The van der Waals surface area contributed by atoms with Crippen molar-refractivity contribution in [1.29, 1.82) is 0 Å². The summed E-state index contributed by atoms with van der Waals surface area (Å²) < 4.78 is 5.84. The Balaban J connectivity index is 4.49. The molecule has 0 fully saturated rings. The second kappa shape index (κ2) is 9.47. The van der Waals surface area contributed by atoms with Crippen LogP contribution in [0, 0.1) is 0 Å². The highest BCUT2D eigenvalue weighted by atomic mass is 29.2. The Labute approximate surface area is 122 Å². The van der Waals surface area contributed by atoms with Gasteiger partial charge < -0.3 is 8.80 Å². The molecule has 110 valence electrons. The normalized spacial score (nSPS) is 17.3. The van der Waals surface area contributed by atoms with Gasteiger partial charge in [-0.05, 0) is 31.0 Å². The Morgan fingerprint density at radius 2 is 1.33 bits per heavy atom. The van der Waals surface area contributed by atoms with Crippen molar-refractivity contribution in [3.8, 4) is 0 Å². The maximum Gasteiger partial charge on any atom is 0.0979 e. The highest BCUT2D eigenvalue weighted by Gasteiger charge is 2.21. The molecule has 0 radical (unpaired) electrons. The second-order valence-corrected chi connectivity index (χ2v) is 14.8. The first-order valence-electron chi connectivity index (χ1n) is 7.86. The van der Waals surface area contributed by atoms with Gasteiger partial charge in [0.05, 0.1) is 27.4 Å². The van der Waals surface area contributed by atoms with Crippen LogP contribution in [0.2, 0.25) is 13.1 Å². The quantitative estimate of drug-likeness (QED) is 0.598. The minimum Gasteiger partial charge on any atom is -0.352 e. The number of hydrogen-bond donors (Lipinski definition) is 0. The van der Waals surface area contributed by atoms with E-state index in [1.54, 1.807) is 0 Å². The molecule has 0 aromatic rings. The van der Waals surface area contributed by atoms with Crippen molar-refractivity contribution in [1.82, 2.24) is 8.80 Å². The van der Waals surface area contributed by atoms with E-state index in [2.05, 4.69) is 63.4 Å². The average molecular weight is 305 g/mol. The van der Waals surface area contributed by atoms with E-state index in [0.717, 1.165) is 18.1 Å². The molecule has 0 spiro atoms. The molecular formula is C13H36N2Si3. The highest BCUT2D eigenvalue weighted by molar-refractivity contribution is 7.00. The molecule has 0 aromatic carbocycles. The van der Waals surface area contributed by atoms with Crippen LogP contribution >= 0.6 is 0 Å². The Morgan fingerprint density at radius 3 is 1.61 bits per heavy atom. The summed E-state index contributed by atoms with van der Waals surface area (Å²) in [6.07, 6.45) is 2.62. The van der Waals surface area contributed by atoms with Crippen LogP contribution in [0.1, 0.15) is 54.4 Å². The Hall–Kier alpha value is 0.571. The Bertz CT molecular complexity index is 194. The highest BCUT2D eigenvalue weighted by Crippen LogP contribution is 2.10. The monoisotopic (exact) mass is 304 g/mol. The first kappa shape index (κ1) is 18.6. The third kappa shape index (κ3) is 6.14. The van der Waals surface area contributed by atoms with E-state index in [0.29, 0.717) is 0 Å². The zero-order valence-electron chi connectivity index (χ0n) is 14.0. The van der Waals surface area contributed by atoms with E-state index in [1.165, 1.54) is 12.8 Å². The number of hydrogen-bond acceptors (Lipinski definition) is 2. The van der Waals surface area contributed by atoms with Gasteiger partial charge >= 0.3 is 0 Å². The lowest BCUT2D eigenvalue weighted by molar-refractivity contribution is 0.272. The zero-order chi connectivity index (χ0) is 14.3. The van der Waals surface area contributed by atoms with Crippen LogP contribution in [0.15, 0.2) is 0 Å². The van der Waals surface area contributed by atoms with Gasteiger partial charge in [0.1, 0.15) is 0 Å². The van der Waals surface area contributed by atoms with Gasteiger partial charge in [-0.2, -0.15) is 0 Å². The van der Waals surface area contributed by atoms with Crippen LogP contribution < -0.4 is 0 Å². The number of nitrogens with zero attached hydrogens (tertiary/aromatic N) is 2. The summed E-state index contributed by atoms with van der Waals surface area (Å²) in [6.45, 7) is 19.3. The molecule has 5 heteroatoms. The maximum absolute atomic E-state index is 2.93. The van der Waals surface area contributed by atoms with Gasteiger partial charge in [0.15, 0.2) is 0 Å². The summed E-state index contributed by atoms with van der Waals surface area (Å²) in [5, 5.41) is 0. The summed E-state index contributed by atoms with van der Waals surface area (Å²) in [6, 6.07) is 2.41. The van der Waals surface area contributed by atoms with Crippen LogP contribution in [0.4, 0.5) is 0 Å². The van der Waals surface area contributed by atoms with E-state index in [4.69, 9.17) is 0 Å². The van der Waals surface area contributed by atoms with Crippen LogP contribution in [0.5, 0.6) is 0 Å². The van der Waals surface area contributed by atoms with Crippen LogP contribution in [-0.4, -0.2) is 54.3 Å². The molecule has 0 bridgehead atoms. The first-order chi connectivity index (χ1) is 8.34. The molecule has 2 nitrogen and oxygen atoms in total. The van der Waals surface area contributed by atoms with Gasteiger partial charge in [-0.25, -0.2) is 0 Å². The fourth-order valence-electron chi connectivity index (χ4n) is 2.69. The number of rotatable bonds is 9. The fourth-order valence-corrected chi connectivity index (χ4v) is 19.6. The van der Waals surface area contributed by atoms with Gasteiger partial charge in [-0.15, -0.1) is 0 Å². The topological polar surface area (TPSA) is 6.48 Å². The molecule has 2 atom stereocenters. The predicted octanol–water partition coefficient (Wildman–Crippen LogP) is 1.66. The van der Waals surface area contributed by atoms with Crippen molar-refractivity contribution in [2.45, 2.75) is 85.6 Å². The molecule has 0 saturated heterocycles. The molecule has 0 N–H and O–H groups in total. The van der Waals surface area contributed by atoms with E-state index >= 15 is 0 Å². The molecule has 0 heterocycles.